The van der Waals surface area contributed by atoms with E-state index in [-0.39, 0.29) is 16.9 Å². The number of rotatable bonds is 4. The lowest BCUT2D eigenvalue weighted by Crippen LogP contribution is -2.43. The van der Waals surface area contributed by atoms with Gasteiger partial charge in [-0.05, 0) is 12.1 Å². The number of alkyl halides is 3. The van der Waals surface area contributed by atoms with Gasteiger partial charge in [0.05, 0.1) is 17.2 Å². The Labute approximate surface area is 163 Å². The third-order valence-corrected chi connectivity index (χ3v) is 4.09. The van der Waals surface area contributed by atoms with Crippen LogP contribution in [-0.4, -0.2) is 40.5 Å². The van der Waals surface area contributed by atoms with Crippen LogP contribution in [-0.2, 0) is 4.74 Å². The molecule has 0 saturated carbocycles. The summed E-state index contributed by atoms with van der Waals surface area (Å²) in [5.74, 6) is -0.718. The normalized spacial score (nSPS) is 21.3. The molecule has 0 spiro atoms. The van der Waals surface area contributed by atoms with Gasteiger partial charge >= 0.3 is 6.09 Å². The quantitative estimate of drug-likeness (QED) is 0.445. The van der Waals surface area contributed by atoms with Crippen LogP contribution in [0.1, 0.15) is 27.1 Å². The molecule has 0 bridgehead atoms. The van der Waals surface area contributed by atoms with Gasteiger partial charge in [0.1, 0.15) is 18.5 Å². The first-order valence-corrected chi connectivity index (χ1v) is 8.70. The monoisotopic (exact) mass is 418 g/mol. The summed E-state index contributed by atoms with van der Waals surface area (Å²) in [6.07, 6.45) is 2.79. The molecule has 0 unspecified atom stereocenters. The van der Waals surface area contributed by atoms with Crippen LogP contribution in [0.25, 0.3) is 0 Å². The average Bonchev–Trinajstić information content (AvgIpc) is 3.10. The maximum Gasteiger partial charge on any atom is 0.407 e. The predicted octanol–water partition coefficient (Wildman–Crippen LogP) is 2.74. The molecule has 7 nitrogen and oxygen atoms in total. The summed E-state index contributed by atoms with van der Waals surface area (Å²) in [6, 6.07) is 4.24. The van der Waals surface area contributed by atoms with Crippen LogP contribution in [0.2, 0.25) is 0 Å². The van der Waals surface area contributed by atoms with Crippen molar-refractivity contribution < 1.29 is 23.9 Å². The number of fused-ring (bicyclic) bond motifs is 1. The zero-order valence-electron chi connectivity index (χ0n) is 13.1. The lowest BCUT2D eigenvalue weighted by Gasteiger charge is -2.23. The Hall–Kier alpha value is -1.96. The summed E-state index contributed by atoms with van der Waals surface area (Å²) < 4.78 is 8.99. The van der Waals surface area contributed by atoms with Crippen molar-refractivity contribution in [3.8, 4) is 5.75 Å². The zero-order chi connectivity index (χ0) is 18.9. The van der Waals surface area contributed by atoms with Crippen molar-refractivity contribution in [1.82, 2.24) is 10.6 Å². The minimum absolute atomic E-state index is 0.182. The van der Waals surface area contributed by atoms with Crippen molar-refractivity contribution in [2.45, 2.75) is 22.4 Å². The van der Waals surface area contributed by atoms with Crippen LogP contribution in [0.3, 0.4) is 0 Å². The minimum Gasteiger partial charge on any atom is -0.487 e. The molecule has 3 amide bonds. The molecule has 1 aliphatic carbocycles. The molecule has 26 heavy (non-hydrogen) atoms. The molecule has 0 radical (unpaired) electrons. The van der Waals surface area contributed by atoms with Crippen LogP contribution in [0, 0.1) is 0 Å². The standard InChI is InChI=1S/C16H13Cl3N2O5/c17-16(18,19)7-25-15(24)20-9-4-2-5-10(9)26-11-6-1-3-8-12(11)14(23)21-13(8)22/h1-4,6,9-10H,5,7H2,(H,20,24)(H,21,22,23)/t9-,10-/m0/s1. The predicted molar refractivity (Wildman–Crippen MR) is 95.0 cm³/mol. The van der Waals surface area contributed by atoms with E-state index in [9.17, 15) is 14.4 Å². The summed E-state index contributed by atoms with van der Waals surface area (Å²) in [5.41, 5.74) is 0.437. The molecule has 2 aliphatic rings. The minimum atomic E-state index is -1.71. The number of carbonyl (C=O) groups is 3. The molecule has 0 aromatic heterocycles. The Balaban J connectivity index is 1.67. The van der Waals surface area contributed by atoms with Crippen LogP contribution >= 0.6 is 34.8 Å². The SMILES string of the molecule is O=C(N[C@H]1C=CC[C@@H]1Oc1cccc2c1C(=O)NC2=O)OCC(Cl)(Cl)Cl. The van der Waals surface area contributed by atoms with E-state index in [4.69, 9.17) is 44.3 Å². The van der Waals surface area contributed by atoms with Gasteiger partial charge in [0.25, 0.3) is 11.8 Å². The average molecular weight is 420 g/mol. The Morgan fingerprint density at radius 2 is 2.04 bits per heavy atom. The molecule has 138 valence electrons. The van der Waals surface area contributed by atoms with E-state index < -0.39 is 40.5 Å². The van der Waals surface area contributed by atoms with Gasteiger partial charge in [0, 0.05) is 6.42 Å². The van der Waals surface area contributed by atoms with Crippen molar-refractivity contribution in [3.05, 3.63) is 41.5 Å². The van der Waals surface area contributed by atoms with E-state index in [1.807, 2.05) is 6.08 Å². The lowest BCUT2D eigenvalue weighted by atomic mass is 10.1. The molecule has 10 heteroatoms. The number of hydrogen-bond acceptors (Lipinski definition) is 5. The van der Waals surface area contributed by atoms with Crippen molar-refractivity contribution in [3.63, 3.8) is 0 Å². The van der Waals surface area contributed by atoms with E-state index in [0.29, 0.717) is 6.42 Å². The van der Waals surface area contributed by atoms with Gasteiger partial charge in [0.2, 0.25) is 3.79 Å². The topological polar surface area (TPSA) is 93.7 Å². The Morgan fingerprint density at radius 3 is 2.77 bits per heavy atom. The highest BCUT2D eigenvalue weighted by molar-refractivity contribution is 6.67. The maximum absolute atomic E-state index is 12.0. The first-order valence-electron chi connectivity index (χ1n) is 7.56. The summed E-state index contributed by atoms with van der Waals surface area (Å²) in [4.78, 5) is 35.5. The largest absolute Gasteiger partial charge is 0.487 e. The van der Waals surface area contributed by atoms with E-state index in [0.717, 1.165) is 0 Å². The summed E-state index contributed by atoms with van der Waals surface area (Å²) in [6.45, 7) is -0.403. The van der Waals surface area contributed by atoms with Crippen molar-refractivity contribution in [2.75, 3.05) is 6.61 Å². The number of hydrogen-bond donors (Lipinski definition) is 2. The number of alkyl carbamates (subject to hydrolysis) is 1. The first-order chi connectivity index (χ1) is 12.2. The lowest BCUT2D eigenvalue weighted by molar-refractivity contribution is 0.0876. The van der Waals surface area contributed by atoms with Gasteiger partial charge in [-0.25, -0.2) is 4.79 Å². The number of nitrogens with one attached hydrogen (secondary N) is 2. The number of ether oxygens (including phenoxy) is 2. The number of halogens is 3. The van der Waals surface area contributed by atoms with Crippen molar-refractivity contribution in [2.24, 2.45) is 0 Å². The molecule has 2 N–H and O–H groups in total. The van der Waals surface area contributed by atoms with Crippen LogP contribution < -0.4 is 15.4 Å². The van der Waals surface area contributed by atoms with Gasteiger partial charge in [-0.1, -0.05) is 53.0 Å². The maximum atomic E-state index is 12.0. The first kappa shape index (κ1) is 18.8. The van der Waals surface area contributed by atoms with Crippen LogP contribution in [0.15, 0.2) is 30.4 Å². The Morgan fingerprint density at radius 1 is 1.27 bits per heavy atom. The second-order valence-electron chi connectivity index (χ2n) is 5.64. The van der Waals surface area contributed by atoms with Crippen molar-refractivity contribution >= 4 is 52.7 Å². The van der Waals surface area contributed by atoms with Gasteiger partial charge < -0.3 is 14.8 Å². The second-order valence-corrected chi connectivity index (χ2v) is 8.16. The van der Waals surface area contributed by atoms with Gasteiger partial charge in [-0.15, -0.1) is 0 Å². The molecular formula is C16H13Cl3N2O5. The fourth-order valence-corrected chi connectivity index (χ4v) is 2.83. The third kappa shape index (κ3) is 4.23. The van der Waals surface area contributed by atoms with E-state index >= 15 is 0 Å². The number of imide groups is 1. The fourth-order valence-electron chi connectivity index (χ4n) is 2.67. The Bertz CT molecular complexity index is 791. The highest BCUT2D eigenvalue weighted by Crippen LogP contribution is 2.29. The number of benzene rings is 1. The second kappa shape index (κ2) is 7.34. The molecule has 0 saturated heterocycles. The number of amides is 3. The summed E-state index contributed by atoms with van der Waals surface area (Å²) in [7, 11) is 0. The van der Waals surface area contributed by atoms with Gasteiger partial charge in [-0.2, -0.15) is 0 Å². The molecule has 1 aliphatic heterocycles. The Kier molecular flexibility index (Phi) is 5.32. The highest BCUT2D eigenvalue weighted by atomic mass is 35.6. The molecule has 1 aromatic carbocycles. The van der Waals surface area contributed by atoms with E-state index in [2.05, 4.69) is 10.6 Å². The van der Waals surface area contributed by atoms with Gasteiger partial charge in [-0.3, -0.25) is 14.9 Å². The zero-order valence-corrected chi connectivity index (χ0v) is 15.4. The highest BCUT2D eigenvalue weighted by Gasteiger charge is 2.33. The van der Waals surface area contributed by atoms with Crippen molar-refractivity contribution in [1.29, 1.82) is 0 Å². The smallest absolute Gasteiger partial charge is 0.407 e. The van der Waals surface area contributed by atoms with Crippen LogP contribution in [0.4, 0.5) is 4.79 Å². The molecule has 1 heterocycles. The number of carbonyl (C=O) groups excluding carboxylic acids is 3. The van der Waals surface area contributed by atoms with E-state index in [1.165, 1.54) is 0 Å². The molecule has 1 aromatic rings. The third-order valence-electron chi connectivity index (χ3n) is 3.77. The fraction of sp³-hybridized carbons (Fsp3) is 0.312. The molecule has 3 rings (SSSR count). The molecular weight excluding hydrogens is 407 g/mol. The van der Waals surface area contributed by atoms with Gasteiger partial charge in [0.15, 0.2) is 0 Å². The van der Waals surface area contributed by atoms with Crippen LogP contribution in [0.5, 0.6) is 5.75 Å². The summed E-state index contributed by atoms with van der Waals surface area (Å²) in [5, 5.41) is 4.81. The molecule has 2 atom stereocenters. The van der Waals surface area contributed by atoms with E-state index in [1.54, 1.807) is 24.3 Å². The summed E-state index contributed by atoms with van der Waals surface area (Å²) >= 11 is 16.6. The molecule has 0 fully saturated rings.